The predicted octanol–water partition coefficient (Wildman–Crippen LogP) is 1.59. The number of guanidine groups is 1. The number of methoxy groups -OCH3 is 1. The topological polar surface area (TPSA) is 54.9 Å². The number of nitrogens with zero attached hydrogens (tertiary/aromatic N) is 1. The highest BCUT2D eigenvalue weighted by atomic mass is 19.3. The highest BCUT2D eigenvalue weighted by molar-refractivity contribution is 5.79. The van der Waals surface area contributed by atoms with Gasteiger partial charge in [-0.25, -0.2) is 0 Å². The van der Waals surface area contributed by atoms with Gasteiger partial charge in [-0.1, -0.05) is 6.07 Å². The van der Waals surface area contributed by atoms with Gasteiger partial charge in [-0.3, -0.25) is 4.99 Å². The number of halogens is 2. The van der Waals surface area contributed by atoms with Crippen molar-refractivity contribution in [2.45, 2.75) is 13.2 Å². The molecule has 106 valence electrons. The number of hydrogen-bond donors (Lipinski definition) is 2. The van der Waals surface area contributed by atoms with Crippen molar-refractivity contribution < 1.29 is 18.3 Å². The Hall–Kier alpha value is -2.05. The van der Waals surface area contributed by atoms with E-state index < -0.39 is 6.61 Å². The molecular formula is C12H17F2N3O2. The summed E-state index contributed by atoms with van der Waals surface area (Å²) in [6.45, 7) is -2.46. The highest BCUT2D eigenvalue weighted by Gasteiger charge is 2.11. The average molecular weight is 273 g/mol. The third kappa shape index (κ3) is 4.61. The van der Waals surface area contributed by atoms with Gasteiger partial charge in [0, 0.05) is 20.6 Å². The molecule has 0 atom stereocenters. The summed E-state index contributed by atoms with van der Waals surface area (Å²) < 4.78 is 33.9. The number of alkyl halides is 2. The first-order valence-electron chi connectivity index (χ1n) is 5.60. The zero-order valence-corrected chi connectivity index (χ0v) is 11.0. The van der Waals surface area contributed by atoms with Crippen molar-refractivity contribution in [1.82, 2.24) is 10.6 Å². The van der Waals surface area contributed by atoms with Crippen LogP contribution in [-0.2, 0) is 6.54 Å². The van der Waals surface area contributed by atoms with E-state index in [1.54, 1.807) is 26.2 Å². The molecule has 7 heteroatoms. The summed E-state index contributed by atoms with van der Waals surface area (Å²) in [6, 6.07) is 4.84. The van der Waals surface area contributed by atoms with Crippen LogP contribution in [0.2, 0.25) is 0 Å². The number of ether oxygens (including phenoxy) is 2. The Morgan fingerprint density at radius 2 is 2.11 bits per heavy atom. The van der Waals surface area contributed by atoms with E-state index in [4.69, 9.17) is 4.74 Å². The van der Waals surface area contributed by atoms with Gasteiger partial charge in [0.1, 0.15) is 0 Å². The molecule has 0 bridgehead atoms. The first-order valence-corrected chi connectivity index (χ1v) is 5.60. The molecular weight excluding hydrogens is 256 g/mol. The lowest BCUT2D eigenvalue weighted by molar-refractivity contribution is -0.0512. The fourth-order valence-corrected chi connectivity index (χ4v) is 1.48. The number of rotatable bonds is 5. The number of hydrogen-bond acceptors (Lipinski definition) is 3. The molecule has 1 aromatic rings. The van der Waals surface area contributed by atoms with E-state index in [1.165, 1.54) is 13.2 Å². The van der Waals surface area contributed by atoms with E-state index in [0.717, 1.165) is 5.56 Å². The van der Waals surface area contributed by atoms with Crippen molar-refractivity contribution in [3.05, 3.63) is 23.8 Å². The number of aliphatic imine (C=N–C) groups is 1. The fraction of sp³-hybridized carbons (Fsp3) is 0.417. The lowest BCUT2D eigenvalue weighted by atomic mass is 10.2. The molecule has 0 spiro atoms. The molecule has 19 heavy (non-hydrogen) atoms. The Kier molecular flexibility index (Phi) is 5.84. The predicted molar refractivity (Wildman–Crippen MR) is 68.9 cm³/mol. The Morgan fingerprint density at radius 3 is 2.63 bits per heavy atom. The van der Waals surface area contributed by atoms with Crippen LogP contribution in [0, 0.1) is 0 Å². The quantitative estimate of drug-likeness (QED) is 0.632. The number of nitrogens with one attached hydrogen (secondary N) is 2. The van der Waals surface area contributed by atoms with E-state index in [9.17, 15) is 8.78 Å². The zero-order valence-electron chi connectivity index (χ0n) is 11.0. The SMILES string of the molecule is CN=C(NC)NCc1ccc(OC)c(OC(F)F)c1. The Balaban J connectivity index is 2.80. The molecule has 0 saturated carbocycles. The maximum absolute atomic E-state index is 12.3. The third-order valence-corrected chi connectivity index (χ3v) is 2.36. The molecule has 0 aromatic heterocycles. The molecule has 0 heterocycles. The lowest BCUT2D eigenvalue weighted by Gasteiger charge is -2.13. The summed E-state index contributed by atoms with van der Waals surface area (Å²) in [5.41, 5.74) is 0.771. The summed E-state index contributed by atoms with van der Waals surface area (Å²) in [4.78, 5) is 3.94. The van der Waals surface area contributed by atoms with Crippen molar-refractivity contribution >= 4 is 5.96 Å². The largest absolute Gasteiger partial charge is 0.493 e. The summed E-state index contributed by atoms with van der Waals surface area (Å²) in [5, 5.41) is 5.86. The van der Waals surface area contributed by atoms with Gasteiger partial charge in [-0.15, -0.1) is 0 Å². The third-order valence-electron chi connectivity index (χ3n) is 2.36. The van der Waals surface area contributed by atoms with Gasteiger partial charge in [-0.2, -0.15) is 8.78 Å². The van der Waals surface area contributed by atoms with Crippen LogP contribution in [0.4, 0.5) is 8.78 Å². The van der Waals surface area contributed by atoms with Crippen LogP contribution in [0.5, 0.6) is 11.5 Å². The minimum atomic E-state index is -2.89. The van der Waals surface area contributed by atoms with E-state index in [2.05, 4.69) is 20.4 Å². The van der Waals surface area contributed by atoms with Crippen molar-refractivity contribution in [3.8, 4) is 11.5 Å². The molecule has 0 fully saturated rings. The summed E-state index contributed by atoms with van der Waals surface area (Å²) >= 11 is 0. The van der Waals surface area contributed by atoms with E-state index in [0.29, 0.717) is 12.5 Å². The molecule has 0 amide bonds. The van der Waals surface area contributed by atoms with Crippen molar-refractivity contribution in [3.63, 3.8) is 0 Å². The molecule has 0 radical (unpaired) electrons. The molecule has 0 aliphatic rings. The van der Waals surface area contributed by atoms with Gasteiger partial charge in [0.15, 0.2) is 17.5 Å². The Labute approximate surface area is 110 Å². The van der Waals surface area contributed by atoms with Crippen LogP contribution >= 0.6 is 0 Å². The van der Waals surface area contributed by atoms with E-state index in [-0.39, 0.29) is 11.5 Å². The zero-order chi connectivity index (χ0) is 14.3. The smallest absolute Gasteiger partial charge is 0.387 e. The second-order valence-electron chi connectivity index (χ2n) is 3.54. The fourth-order valence-electron chi connectivity index (χ4n) is 1.48. The van der Waals surface area contributed by atoms with Crippen LogP contribution in [-0.4, -0.2) is 33.8 Å². The monoisotopic (exact) mass is 273 g/mol. The second kappa shape index (κ2) is 7.40. The maximum Gasteiger partial charge on any atom is 0.387 e. The van der Waals surface area contributed by atoms with Gasteiger partial charge < -0.3 is 20.1 Å². The van der Waals surface area contributed by atoms with Gasteiger partial charge >= 0.3 is 6.61 Å². The molecule has 0 saturated heterocycles. The molecule has 1 rings (SSSR count). The summed E-state index contributed by atoms with van der Waals surface area (Å²) in [5.74, 6) is 0.880. The Bertz CT molecular complexity index is 439. The van der Waals surface area contributed by atoms with Gasteiger partial charge in [0.05, 0.1) is 7.11 Å². The molecule has 0 aliphatic heterocycles. The standard InChI is InChI=1S/C12H17F2N3O2/c1-15-12(16-2)17-7-8-4-5-9(18-3)10(6-8)19-11(13)14/h4-6,11H,7H2,1-3H3,(H2,15,16,17). The van der Waals surface area contributed by atoms with Gasteiger partial charge in [-0.05, 0) is 17.7 Å². The molecule has 2 N–H and O–H groups in total. The van der Waals surface area contributed by atoms with Crippen molar-refractivity contribution in [2.24, 2.45) is 4.99 Å². The maximum atomic E-state index is 12.3. The van der Waals surface area contributed by atoms with Gasteiger partial charge in [0.25, 0.3) is 0 Å². The highest BCUT2D eigenvalue weighted by Crippen LogP contribution is 2.29. The molecule has 1 aromatic carbocycles. The van der Waals surface area contributed by atoms with Crippen LogP contribution < -0.4 is 20.1 Å². The molecule has 0 aliphatic carbocycles. The second-order valence-corrected chi connectivity index (χ2v) is 3.54. The van der Waals surface area contributed by atoms with Crippen LogP contribution in [0.15, 0.2) is 23.2 Å². The first kappa shape index (κ1) is 15.0. The summed E-state index contributed by atoms with van der Waals surface area (Å²) in [7, 11) is 4.77. The lowest BCUT2D eigenvalue weighted by Crippen LogP contribution is -2.34. The summed E-state index contributed by atoms with van der Waals surface area (Å²) in [6.07, 6.45) is 0. The van der Waals surface area contributed by atoms with Crippen molar-refractivity contribution in [2.75, 3.05) is 21.2 Å². The van der Waals surface area contributed by atoms with Crippen LogP contribution in [0.3, 0.4) is 0 Å². The van der Waals surface area contributed by atoms with Gasteiger partial charge in [0.2, 0.25) is 0 Å². The minimum Gasteiger partial charge on any atom is -0.493 e. The van der Waals surface area contributed by atoms with Crippen LogP contribution in [0.1, 0.15) is 5.56 Å². The normalized spacial score (nSPS) is 11.4. The van der Waals surface area contributed by atoms with Crippen LogP contribution in [0.25, 0.3) is 0 Å². The Morgan fingerprint density at radius 1 is 1.37 bits per heavy atom. The minimum absolute atomic E-state index is 0.0104. The molecule has 0 unspecified atom stereocenters. The average Bonchev–Trinajstić information content (AvgIpc) is 2.39. The number of benzene rings is 1. The molecule has 5 nitrogen and oxygen atoms in total. The first-order chi connectivity index (χ1) is 9.10. The van der Waals surface area contributed by atoms with E-state index in [1.807, 2.05) is 0 Å². The van der Waals surface area contributed by atoms with Crippen molar-refractivity contribution in [1.29, 1.82) is 0 Å². The van der Waals surface area contributed by atoms with E-state index >= 15 is 0 Å².